The van der Waals surface area contributed by atoms with Crippen LogP contribution < -0.4 is 4.90 Å². The van der Waals surface area contributed by atoms with E-state index in [0.717, 1.165) is 42.6 Å². The first kappa shape index (κ1) is 17.2. The fourth-order valence-corrected chi connectivity index (χ4v) is 4.31. The molecule has 130 valence electrons. The Hall–Kier alpha value is -1.66. The van der Waals surface area contributed by atoms with Gasteiger partial charge in [-0.25, -0.2) is 4.98 Å². The monoisotopic (exact) mass is 346 g/mol. The van der Waals surface area contributed by atoms with Crippen molar-refractivity contribution in [3.05, 3.63) is 34.6 Å². The van der Waals surface area contributed by atoms with Gasteiger partial charge in [0.2, 0.25) is 0 Å². The van der Waals surface area contributed by atoms with Gasteiger partial charge in [0.15, 0.2) is 10.9 Å². The van der Waals surface area contributed by atoms with Crippen LogP contribution in [0.1, 0.15) is 41.6 Å². The van der Waals surface area contributed by atoms with Gasteiger partial charge in [-0.3, -0.25) is 9.69 Å². The molecule has 0 aromatic carbocycles. The zero-order chi connectivity index (χ0) is 17.3. The van der Waals surface area contributed by atoms with Gasteiger partial charge in [0.25, 0.3) is 0 Å². The van der Waals surface area contributed by atoms with Crippen LogP contribution in [0.25, 0.3) is 0 Å². The van der Waals surface area contributed by atoms with Crippen LogP contribution in [0.4, 0.5) is 5.13 Å². The second-order valence-electron chi connectivity index (χ2n) is 6.75. The normalized spacial score (nSPS) is 16.1. The molecule has 0 aliphatic carbocycles. The molecule has 3 heterocycles. The van der Waals surface area contributed by atoms with E-state index >= 15 is 0 Å². The molecule has 0 saturated carbocycles. The number of hydrogen-bond acceptors (Lipinski definition) is 5. The minimum Gasteiger partial charge on any atom is -0.346 e. The van der Waals surface area contributed by atoms with Crippen LogP contribution >= 0.6 is 11.3 Å². The third-order valence-corrected chi connectivity index (χ3v) is 5.56. The fraction of sp³-hybridized carbons (Fsp3) is 0.556. The molecule has 0 spiro atoms. The Bertz CT molecular complexity index is 697. The highest BCUT2D eigenvalue weighted by molar-refractivity contribution is 7.13. The highest BCUT2D eigenvalue weighted by Crippen LogP contribution is 2.22. The number of aryl methyl sites for hydroxylation is 1. The zero-order valence-corrected chi connectivity index (χ0v) is 15.8. The van der Waals surface area contributed by atoms with Gasteiger partial charge in [-0.05, 0) is 33.8 Å². The van der Waals surface area contributed by atoms with Crippen LogP contribution in [-0.4, -0.2) is 53.0 Å². The Morgan fingerprint density at radius 1 is 1.25 bits per heavy atom. The molecule has 1 fully saturated rings. The second kappa shape index (κ2) is 7.07. The molecule has 0 bridgehead atoms. The van der Waals surface area contributed by atoms with E-state index in [4.69, 9.17) is 0 Å². The molecule has 0 unspecified atom stereocenters. The van der Waals surface area contributed by atoms with Gasteiger partial charge in [0.1, 0.15) is 0 Å². The van der Waals surface area contributed by atoms with Gasteiger partial charge >= 0.3 is 0 Å². The molecule has 1 saturated heterocycles. The molecule has 2 aromatic rings. The van der Waals surface area contributed by atoms with E-state index in [1.165, 1.54) is 5.69 Å². The summed E-state index contributed by atoms with van der Waals surface area (Å²) in [4.78, 5) is 21.7. The number of nitrogens with zero attached hydrogens (tertiary/aromatic N) is 4. The number of carbonyl (C=O) groups excluding carboxylic acids is 1. The maximum atomic E-state index is 12.8. The quantitative estimate of drug-likeness (QED) is 0.780. The number of piperazine rings is 1. The highest BCUT2D eigenvalue weighted by atomic mass is 32.1. The van der Waals surface area contributed by atoms with Gasteiger partial charge in [0, 0.05) is 60.7 Å². The molecule has 2 aromatic heterocycles. The van der Waals surface area contributed by atoms with Crippen molar-refractivity contribution in [2.75, 3.05) is 37.6 Å². The summed E-state index contributed by atoms with van der Waals surface area (Å²) in [5.74, 6) is 0.234. The molecule has 0 radical (unpaired) electrons. The minimum absolute atomic E-state index is 0.234. The second-order valence-corrected chi connectivity index (χ2v) is 7.62. The molecule has 0 amide bonds. The topological polar surface area (TPSA) is 41.4 Å². The van der Waals surface area contributed by atoms with Crippen molar-refractivity contribution in [1.29, 1.82) is 0 Å². The SMILES string of the molecule is Cc1cc(C(=O)CN2CCN(c3nccs3)CC2)c(C)n1C(C)C. The number of Topliss-reactive ketones (excluding diaryl/α,β-unsaturated/α-hetero) is 1. The molecule has 1 aliphatic heterocycles. The molecule has 1 aliphatic rings. The number of hydrogen-bond donors (Lipinski definition) is 0. The van der Waals surface area contributed by atoms with Gasteiger partial charge in [0.05, 0.1) is 6.54 Å². The maximum absolute atomic E-state index is 12.8. The number of ketones is 1. The number of thiazole rings is 1. The van der Waals surface area contributed by atoms with Gasteiger partial charge < -0.3 is 9.47 Å². The predicted molar refractivity (Wildman–Crippen MR) is 99.4 cm³/mol. The van der Waals surface area contributed by atoms with E-state index in [9.17, 15) is 4.79 Å². The molecule has 6 heteroatoms. The van der Waals surface area contributed by atoms with Gasteiger partial charge in [-0.1, -0.05) is 0 Å². The molecule has 5 nitrogen and oxygen atoms in total. The van der Waals surface area contributed by atoms with Crippen LogP contribution in [0.3, 0.4) is 0 Å². The first-order chi connectivity index (χ1) is 11.5. The molecular formula is C18H26N4OS. The van der Waals surface area contributed by atoms with E-state index in [2.05, 4.69) is 47.0 Å². The Morgan fingerprint density at radius 3 is 2.50 bits per heavy atom. The Balaban J connectivity index is 1.61. The first-order valence-electron chi connectivity index (χ1n) is 8.55. The number of aromatic nitrogens is 2. The number of anilines is 1. The lowest BCUT2D eigenvalue weighted by Crippen LogP contribution is -2.48. The van der Waals surface area contributed by atoms with E-state index in [1.807, 2.05) is 17.6 Å². The van der Waals surface area contributed by atoms with Crippen molar-refractivity contribution >= 4 is 22.3 Å². The lowest BCUT2D eigenvalue weighted by molar-refractivity contribution is 0.0925. The molecule has 0 atom stereocenters. The summed E-state index contributed by atoms with van der Waals surface area (Å²) in [5.41, 5.74) is 3.14. The van der Waals surface area contributed by atoms with E-state index < -0.39 is 0 Å². The summed E-state index contributed by atoms with van der Waals surface area (Å²) in [7, 11) is 0. The van der Waals surface area contributed by atoms with E-state index in [1.54, 1.807) is 11.3 Å². The Kier molecular flexibility index (Phi) is 5.06. The molecular weight excluding hydrogens is 320 g/mol. The fourth-order valence-electron chi connectivity index (χ4n) is 3.61. The predicted octanol–water partition coefficient (Wildman–Crippen LogP) is 3.15. The minimum atomic E-state index is 0.234. The summed E-state index contributed by atoms with van der Waals surface area (Å²) in [6.07, 6.45) is 1.85. The smallest absolute Gasteiger partial charge is 0.185 e. The average Bonchev–Trinajstić information content (AvgIpc) is 3.16. The summed E-state index contributed by atoms with van der Waals surface area (Å²) in [6, 6.07) is 2.43. The molecule has 24 heavy (non-hydrogen) atoms. The van der Waals surface area contributed by atoms with Crippen molar-refractivity contribution in [1.82, 2.24) is 14.5 Å². The lowest BCUT2D eigenvalue weighted by Gasteiger charge is -2.34. The van der Waals surface area contributed by atoms with E-state index in [-0.39, 0.29) is 5.78 Å². The summed E-state index contributed by atoms with van der Waals surface area (Å²) < 4.78 is 2.24. The number of carbonyl (C=O) groups is 1. The van der Waals surface area contributed by atoms with Crippen LogP contribution in [-0.2, 0) is 0 Å². The van der Waals surface area contributed by atoms with Crippen LogP contribution in [0.15, 0.2) is 17.6 Å². The van der Waals surface area contributed by atoms with Crippen molar-refractivity contribution < 1.29 is 4.79 Å². The van der Waals surface area contributed by atoms with Crippen LogP contribution in [0.5, 0.6) is 0 Å². The third-order valence-electron chi connectivity index (χ3n) is 4.73. The van der Waals surface area contributed by atoms with Crippen molar-refractivity contribution in [2.45, 2.75) is 33.7 Å². The summed E-state index contributed by atoms with van der Waals surface area (Å²) >= 11 is 1.68. The summed E-state index contributed by atoms with van der Waals surface area (Å²) in [5, 5.41) is 3.09. The Morgan fingerprint density at radius 2 is 1.96 bits per heavy atom. The molecule has 3 rings (SSSR count). The highest BCUT2D eigenvalue weighted by Gasteiger charge is 2.23. The summed E-state index contributed by atoms with van der Waals surface area (Å²) in [6.45, 7) is 12.7. The zero-order valence-electron chi connectivity index (χ0n) is 15.0. The van der Waals surface area contributed by atoms with Crippen molar-refractivity contribution in [3.63, 3.8) is 0 Å². The van der Waals surface area contributed by atoms with Crippen LogP contribution in [0.2, 0.25) is 0 Å². The maximum Gasteiger partial charge on any atom is 0.185 e. The van der Waals surface area contributed by atoms with Crippen molar-refractivity contribution in [3.8, 4) is 0 Å². The lowest BCUT2D eigenvalue weighted by atomic mass is 10.1. The Labute approximate surface area is 147 Å². The first-order valence-corrected chi connectivity index (χ1v) is 9.43. The molecule has 0 N–H and O–H groups in total. The standard InChI is InChI=1S/C18H26N4OS/c1-13(2)22-14(3)11-16(15(22)4)17(23)12-20-6-8-21(9-7-20)18-19-5-10-24-18/h5,10-11,13H,6-9,12H2,1-4H3. The van der Waals surface area contributed by atoms with Crippen molar-refractivity contribution in [2.24, 2.45) is 0 Å². The third kappa shape index (κ3) is 3.39. The average molecular weight is 347 g/mol. The van der Waals surface area contributed by atoms with Gasteiger partial charge in [-0.15, -0.1) is 11.3 Å². The largest absolute Gasteiger partial charge is 0.346 e. The van der Waals surface area contributed by atoms with Gasteiger partial charge in [-0.2, -0.15) is 0 Å². The van der Waals surface area contributed by atoms with E-state index in [0.29, 0.717) is 12.6 Å². The number of rotatable bonds is 5. The van der Waals surface area contributed by atoms with Crippen LogP contribution in [0, 0.1) is 13.8 Å².